The second-order valence-electron chi connectivity index (χ2n) is 6.69. The molecule has 0 radical (unpaired) electrons. The van der Waals surface area contributed by atoms with Crippen molar-refractivity contribution in [2.45, 2.75) is 45.8 Å². The lowest BCUT2D eigenvalue weighted by Crippen LogP contribution is -2.51. The Bertz CT molecular complexity index is 646. The van der Waals surface area contributed by atoms with Crippen LogP contribution in [0.15, 0.2) is 24.3 Å². The molecule has 2 N–H and O–H groups in total. The van der Waals surface area contributed by atoms with Crippen molar-refractivity contribution in [1.82, 2.24) is 10.6 Å². The van der Waals surface area contributed by atoms with Crippen LogP contribution in [0.3, 0.4) is 0 Å². The van der Waals surface area contributed by atoms with Crippen LogP contribution < -0.4 is 10.6 Å². The zero-order chi connectivity index (χ0) is 20.6. The summed E-state index contributed by atoms with van der Waals surface area (Å²) < 4.78 is 9.86. The average Bonchev–Trinajstić information content (AvgIpc) is 2.59. The Kier molecular flexibility index (Phi) is 9.08. The van der Waals surface area contributed by atoms with Gasteiger partial charge in [-0.15, -0.1) is 0 Å². The molecule has 1 unspecified atom stereocenters. The van der Waals surface area contributed by atoms with Crippen LogP contribution in [-0.2, 0) is 19.1 Å². The van der Waals surface area contributed by atoms with Crippen molar-refractivity contribution in [3.05, 3.63) is 34.9 Å². The molecule has 0 saturated carbocycles. The molecule has 0 aromatic heterocycles. The van der Waals surface area contributed by atoms with E-state index in [9.17, 15) is 14.4 Å². The minimum absolute atomic E-state index is 0.0251. The summed E-state index contributed by atoms with van der Waals surface area (Å²) in [6, 6.07) is 5.94. The van der Waals surface area contributed by atoms with Gasteiger partial charge in [0.15, 0.2) is 0 Å². The van der Waals surface area contributed by atoms with Gasteiger partial charge in [-0.25, -0.2) is 4.79 Å². The highest BCUT2D eigenvalue weighted by Crippen LogP contribution is 2.19. The van der Waals surface area contributed by atoms with E-state index in [2.05, 4.69) is 10.6 Å². The Morgan fingerprint density at radius 3 is 2.15 bits per heavy atom. The normalized spacial score (nSPS) is 13.0. The lowest BCUT2D eigenvalue weighted by atomic mass is 9.98. The number of alkyl carbamates (subject to hydrolysis) is 1. The number of rotatable bonds is 8. The Hall–Kier alpha value is -2.28. The first-order valence-corrected chi connectivity index (χ1v) is 9.11. The van der Waals surface area contributed by atoms with E-state index in [0.717, 1.165) is 0 Å². The summed E-state index contributed by atoms with van der Waals surface area (Å²) in [6.45, 7) is 7.07. The topological polar surface area (TPSA) is 93.7 Å². The number of hydrogen-bond acceptors (Lipinski definition) is 5. The SMILES string of the molecule is COC(=O)C(CNC(=O)[C@@H](NC(=O)OC(C)C)C(C)C)c1ccc(Cl)cc1. The predicted molar refractivity (Wildman–Crippen MR) is 103 cm³/mol. The monoisotopic (exact) mass is 398 g/mol. The number of hydrogen-bond donors (Lipinski definition) is 2. The van der Waals surface area contributed by atoms with Crippen LogP contribution in [0.4, 0.5) is 4.79 Å². The molecule has 0 bridgehead atoms. The molecule has 150 valence electrons. The Labute approximate surface area is 164 Å². The highest BCUT2D eigenvalue weighted by molar-refractivity contribution is 6.30. The van der Waals surface area contributed by atoms with Gasteiger partial charge in [0.25, 0.3) is 0 Å². The molecular weight excluding hydrogens is 372 g/mol. The van der Waals surface area contributed by atoms with Crippen LogP contribution in [-0.4, -0.2) is 43.8 Å². The third-order valence-electron chi connectivity index (χ3n) is 3.80. The number of carbonyl (C=O) groups is 3. The number of benzene rings is 1. The average molecular weight is 399 g/mol. The number of ether oxygens (including phenoxy) is 2. The van der Waals surface area contributed by atoms with E-state index in [1.54, 1.807) is 52.0 Å². The molecule has 0 saturated heterocycles. The van der Waals surface area contributed by atoms with E-state index in [4.69, 9.17) is 21.1 Å². The summed E-state index contributed by atoms with van der Waals surface area (Å²) in [7, 11) is 1.29. The first kappa shape index (κ1) is 22.8. The molecule has 0 fully saturated rings. The number of methoxy groups -OCH3 is 1. The van der Waals surface area contributed by atoms with E-state index in [1.807, 2.05) is 0 Å². The van der Waals surface area contributed by atoms with E-state index in [1.165, 1.54) is 7.11 Å². The molecule has 1 rings (SSSR count). The van der Waals surface area contributed by atoms with Gasteiger partial charge in [0, 0.05) is 11.6 Å². The smallest absolute Gasteiger partial charge is 0.408 e. The van der Waals surface area contributed by atoms with Gasteiger partial charge >= 0.3 is 12.1 Å². The van der Waals surface area contributed by atoms with Crippen molar-refractivity contribution in [2.24, 2.45) is 5.92 Å². The summed E-state index contributed by atoms with van der Waals surface area (Å²) in [5.74, 6) is -1.75. The molecule has 2 atom stereocenters. The first-order chi connectivity index (χ1) is 12.6. The lowest BCUT2D eigenvalue weighted by Gasteiger charge is -2.23. The third kappa shape index (κ3) is 7.46. The van der Waals surface area contributed by atoms with Crippen LogP contribution in [0.5, 0.6) is 0 Å². The summed E-state index contributed by atoms with van der Waals surface area (Å²) in [6.07, 6.45) is -0.962. The van der Waals surface area contributed by atoms with Gasteiger partial charge in [-0.05, 0) is 37.5 Å². The van der Waals surface area contributed by atoms with Gasteiger partial charge < -0.3 is 20.1 Å². The fourth-order valence-corrected chi connectivity index (χ4v) is 2.52. The third-order valence-corrected chi connectivity index (χ3v) is 4.06. The number of halogens is 1. The van der Waals surface area contributed by atoms with Gasteiger partial charge in [0.2, 0.25) is 5.91 Å². The fraction of sp³-hybridized carbons (Fsp3) is 0.526. The maximum Gasteiger partial charge on any atom is 0.408 e. The minimum Gasteiger partial charge on any atom is -0.468 e. The van der Waals surface area contributed by atoms with Gasteiger partial charge in [-0.3, -0.25) is 9.59 Å². The minimum atomic E-state index is -0.792. The maximum absolute atomic E-state index is 12.6. The zero-order valence-electron chi connectivity index (χ0n) is 16.2. The van der Waals surface area contributed by atoms with Crippen LogP contribution >= 0.6 is 11.6 Å². The number of amides is 2. The van der Waals surface area contributed by atoms with Gasteiger partial charge in [0.05, 0.1) is 19.1 Å². The summed E-state index contributed by atoms with van der Waals surface area (Å²) >= 11 is 5.88. The molecule has 0 aliphatic rings. The Balaban J connectivity index is 2.82. The highest BCUT2D eigenvalue weighted by atomic mass is 35.5. The fourth-order valence-electron chi connectivity index (χ4n) is 2.40. The van der Waals surface area contributed by atoms with Gasteiger partial charge in [-0.1, -0.05) is 37.6 Å². The molecule has 27 heavy (non-hydrogen) atoms. The molecule has 8 heteroatoms. The van der Waals surface area contributed by atoms with E-state index in [-0.39, 0.29) is 18.6 Å². The molecule has 0 aliphatic carbocycles. The molecule has 0 aliphatic heterocycles. The predicted octanol–water partition coefficient (Wildman–Crippen LogP) is 2.87. The number of nitrogens with one attached hydrogen (secondary N) is 2. The van der Waals surface area contributed by atoms with Crippen molar-refractivity contribution < 1.29 is 23.9 Å². The molecule has 2 amide bonds. The number of carbonyl (C=O) groups excluding carboxylic acids is 3. The van der Waals surface area contributed by atoms with Crippen LogP contribution in [0, 0.1) is 5.92 Å². The molecule has 0 heterocycles. The Morgan fingerprint density at radius 2 is 1.67 bits per heavy atom. The highest BCUT2D eigenvalue weighted by Gasteiger charge is 2.28. The number of esters is 1. The van der Waals surface area contributed by atoms with Crippen LogP contribution in [0.25, 0.3) is 0 Å². The van der Waals surface area contributed by atoms with E-state index < -0.39 is 29.9 Å². The first-order valence-electron chi connectivity index (χ1n) is 8.73. The van der Waals surface area contributed by atoms with Crippen molar-refractivity contribution >= 4 is 29.6 Å². The molecule has 7 nitrogen and oxygen atoms in total. The van der Waals surface area contributed by atoms with Crippen LogP contribution in [0.2, 0.25) is 5.02 Å². The summed E-state index contributed by atoms with van der Waals surface area (Å²) in [4.78, 5) is 36.5. The largest absolute Gasteiger partial charge is 0.468 e. The van der Waals surface area contributed by atoms with E-state index >= 15 is 0 Å². The standard InChI is InChI=1S/C19H27ClN2O5/c1-11(2)16(22-19(25)27-12(3)4)17(23)21-10-15(18(24)26-5)13-6-8-14(20)9-7-13/h6-9,11-12,15-16H,10H2,1-5H3,(H,21,23)(H,22,25)/t15?,16-/m0/s1. The Morgan fingerprint density at radius 1 is 1.07 bits per heavy atom. The van der Waals surface area contributed by atoms with Gasteiger partial charge in [0.1, 0.15) is 6.04 Å². The molecule has 1 aromatic rings. The van der Waals surface area contributed by atoms with Crippen molar-refractivity contribution in [2.75, 3.05) is 13.7 Å². The summed E-state index contributed by atoms with van der Waals surface area (Å²) in [5, 5.41) is 5.80. The van der Waals surface area contributed by atoms with Crippen LogP contribution in [0.1, 0.15) is 39.2 Å². The second-order valence-corrected chi connectivity index (χ2v) is 7.13. The second kappa shape index (κ2) is 10.8. The maximum atomic E-state index is 12.6. The quantitative estimate of drug-likeness (QED) is 0.656. The van der Waals surface area contributed by atoms with Crippen molar-refractivity contribution in [3.63, 3.8) is 0 Å². The van der Waals surface area contributed by atoms with Crippen molar-refractivity contribution in [1.29, 1.82) is 0 Å². The molecule has 1 aromatic carbocycles. The van der Waals surface area contributed by atoms with E-state index in [0.29, 0.717) is 10.6 Å². The zero-order valence-corrected chi connectivity index (χ0v) is 17.0. The molecule has 0 spiro atoms. The van der Waals surface area contributed by atoms with Crippen molar-refractivity contribution in [3.8, 4) is 0 Å². The summed E-state index contributed by atoms with van der Waals surface area (Å²) in [5.41, 5.74) is 0.667. The van der Waals surface area contributed by atoms with Gasteiger partial charge in [-0.2, -0.15) is 0 Å². The lowest BCUT2D eigenvalue weighted by molar-refractivity contribution is -0.142. The molecular formula is C19H27ClN2O5.